The lowest BCUT2D eigenvalue weighted by atomic mass is 9.79. The third kappa shape index (κ3) is 4.91. The highest BCUT2D eigenvalue weighted by atomic mass is 19.4. The standard InChI is InChI=1S/C22H20F4N2O/c1-14-18(11-16-9-6-10-17(23)19(16)27-14)28-20(29)21(2,13-22(24,25)26)12-15-7-4-3-5-8-15/h3-11H,12-13H2,1-2H3,(H,28,29)/t21-/m1/s1. The zero-order chi connectivity index (χ0) is 21.2. The molecule has 0 saturated heterocycles. The largest absolute Gasteiger partial charge is 0.390 e. The first-order valence-electron chi connectivity index (χ1n) is 9.05. The number of aryl methyl sites for hydroxylation is 1. The monoisotopic (exact) mass is 404 g/mol. The molecule has 7 heteroatoms. The lowest BCUT2D eigenvalue weighted by Gasteiger charge is -2.30. The molecule has 0 aliphatic carbocycles. The number of fused-ring (bicyclic) bond motifs is 1. The van der Waals surface area contributed by atoms with E-state index in [4.69, 9.17) is 0 Å². The second-order valence-electron chi connectivity index (χ2n) is 7.40. The minimum atomic E-state index is -4.51. The summed E-state index contributed by atoms with van der Waals surface area (Å²) in [7, 11) is 0. The summed E-state index contributed by atoms with van der Waals surface area (Å²) in [5, 5.41) is 3.03. The Kier molecular flexibility index (Phi) is 5.59. The van der Waals surface area contributed by atoms with Gasteiger partial charge in [-0.05, 0) is 31.0 Å². The van der Waals surface area contributed by atoms with Gasteiger partial charge in [0, 0.05) is 5.39 Å². The fraction of sp³-hybridized carbons (Fsp3) is 0.273. The number of nitrogens with one attached hydrogen (secondary N) is 1. The van der Waals surface area contributed by atoms with Gasteiger partial charge in [-0.15, -0.1) is 0 Å². The number of hydrogen-bond donors (Lipinski definition) is 1. The number of carbonyl (C=O) groups excluding carboxylic acids is 1. The molecule has 1 amide bonds. The molecule has 0 aliphatic heterocycles. The second-order valence-corrected chi connectivity index (χ2v) is 7.40. The number of benzene rings is 2. The Bertz CT molecular complexity index is 1030. The van der Waals surface area contributed by atoms with E-state index in [1.807, 2.05) is 0 Å². The van der Waals surface area contributed by atoms with Crippen molar-refractivity contribution in [2.75, 3.05) is 5.32 Å². The van der Waals surface area contributed by atoms with Crippen molar-refractivity contribution >= 4 is 22.5 Å². The van der Waals surface area contributed by atoms with E-state index >= 15 is 0 Å². The van der Waals surface area contributed by atoms with Gasteiger partial charge >= 0.3 is 6.18 Å². The summed E-state index contributed by atoms with van der Waals surface area (Å²) in [6, 6.07) is 14.5. The van der Waals surface area contributed by atoms with Crippen LogP contribution in [0.2, 0.25) is 0 Å². The molecule has 0 fully saturated rings. The lowest BCUT2D eigenvalue weighted by molar-refractivity contribution is -0.164. The highest BCUT2D eigenvalue weighted by molar-refractivity contribution is 5.97. The third-order valence-corrected chi connectivity index (χ3v) is 4.81. The smallest absolute Gasteiger partial charge is 0.324 e. The summed E-state index contributed by atoms with van der Waals surface area (Å²) in [5.41, 5.74) is -0.363. The number of halogens is 4. The highest BCUT2D eigenvalue weighted by Gasteiger charge is 2.44. The molecule has 3 nitrogen and oxygen atoms in total. The number of anilines is 1. The Morgan fingerprint density at radius 1 is 1.07 bits per heavy atom. The van der Waals surface area contributed by atoms with E-state index in [0.717, 1.165) is 0 Å². The third-order valence-electron chi connectivity index (χ3n) is 4.81. The normalized spacial score (nSPS) is 13.9. The van der Waals surface area contributed by atoms with Crippen LogP contribution < -0.4 is 5.32 Å². The zero-order valence-corrected chi connectivity index (χ0v) is 16.0. The number of para-hydroxylation sites is 1. The minimum Gasteiger partial charge on any atom is -0.324 e. The van der Waals surface area contributed by atoms with Crippen molar-refractivity contribution in [3.8, 4) is 0 Å². The predicted octanol–water partition coefficient (Wildman–Crippen LogP) is 5.82. The van der Waals surface area contributed by atoms with Gasteiger partial charge in [-0.3, -0.25) is 4.79 Å². The van der Waals surface area contributed by atoms with Gasteiger partial charge in [0.05, 0.1) is 23.2 Å². The average Bonchev–Trinajstić information content (AvgIpc) is 2.62. The van der Waals surface area contributed by atoms with Crippen LogP contribution >= 0.6 is 0 Å². The van der Waals surface area contributed by atoms with Gasteiger partial charge in [0.2, 0.25) is 5.91 Å². The lowest BCUT2D eigenvalue weighted by Crippen LogP contribution is -2.39. The summed E-state index contributed by atoms with van der Waals surface area (Å²) < 4.78 is 53.7. The maximum atomic E-state index is 13.9. The van der Waals surface area contributed by atoms with Crippen LogP contribution in [0.5, 0.6) is 0 Å². The molecule has 1 atom stereocenters. The van der Waals surface area contributed by atoms with Crippen LogP contribution in [0.1, 0.15) is 24.6 Å². The van der Waals surface area contributed by atoms with E-state index in [9.17, 15) is 22.4 Å². The topological polar surface area (TPSA) is 42.0 Å². The number of rotatable bonds is 5. The number of aromatic nitrogens is 1. The van der Waals surface area contributed by atoms with E-state index in [0.29, 0.717) is 16.6 Å². The van der Waals surface area contributed by atoms with Crippen LogP contribution in [0.4, 0.5) is 23.2 Å². The van der Waals surface area contributed by atoms with Gasteiger partial charge in [-0.2, -0.15) is 13.2 Å². The molecule has 0 radical (unpaired) electrons. The Labute approximate surface area is 165 Å². The molecule has 2 aromatic carbocycles. The molecule has 0 aliphatic rings. The molecule has 3 rings (SSSR count). The molecule has 0 bridgehead atoms. The van der Waals surface area contributed by atoms with Crippen LogP contribution in [0, 0.1) is 18.2 Å². The van der Waals surface area contributed by atoms with Gasteiger partial charge in [0.1, 0.15) is 11.3 Å². The van der Waals surface area contributed by atoms with E-state index < -0.39 is 29.7 Å². The summed E-state index contributed by atoms with van der Waals surface area (Å²) in [5.74, 6) is -1.27. The van der Waals surface area contributed by atoms with E-state index in [1.165, 1.54) is 25.1 Å². The van der Waals surface area contributed by atoms with Crippen molar-refractivity contribution in [2.24, 2.45) is 5.41 Å². The van der Waals surface area contributed by atoms with Gasteiger partial charge in [-0.1, -0.05) is 49.4 Å². The Morgan fingerprint density at radius 3 is 2.41 bits per heavy atom. The molecule has 0 spiro atoms. The van der Waals surface area contributed by atoms with Gasteiger partial charge in [0.15, 0.2) is 0 Å². The molecule has 1 aromatic heterocycles. The number of alkyl halides is 3. The van der Waals surface area contributed by atoms with Crippen molar-refractivity contribution < 1.29 is 22.4 Å². The molecule has 1 heterocycles. The minimum absolute atomic E-state index is 0.0755. The molecule has 0 unspecified atom stereocenters. The maximum Gasteiger partial charge on any atom is 0.390 e. The van der Waals surface area contributed by atoms with Crippen LogP contribution in [-0.4, -0.2) is 17.1 Å². The number of nitrogens with zero attached hydrogens (tertiary/aromatic N) is 1. The fourth-order valence-corrected chi connectivity index (χ4v) is 3.37. The quantitative estimate of drug-likeness (QED) is 0.544. The van der Waals surface area contributed by atoms with E-state index in [2.05, 4.69) is 10.3 Å². The molecule has 152 valence electrons. The highest BCUT2D eigenvalue weighted by Crippen LogP contribution is 2.37. The van der Waals surface area contributed by atoms with Crippen LogP contribution in [0.15, 0.2) is 54.6 Å². The van der Waals surface area contributed by atoms with Crippen molar-refractivity contribution in [2.45, 2.75) is 32.9 Å². The van der Waals surface area contributed by atoms with Crippen molar-refractivity contribution in [1.82, 2.24) is 4.98 Å². The SMILES string of the molecule is Cc1nc2c(F)cccc2cc1NC(=O)[C@](C)(Cc1ccccc1)CC(F)(F)F. The fourth-order valence-electron chi connectivity index (χ4n) is 3.37. The van der Waals surface area contributed by atoms with Gasteiger partial charge in [-0.25, -0.2) is 9.37 Å². The summed E-state index contributed by atoms with van der Waals surface area (Å²) in [4.78, 5) is 17.1. The Morgan fingerprint density at radius 2 is 1.76 bits per heavy atom. The predicted molar refractivity (Wildman–Crippen MR) is 104 cm³/mol. The van der Waals surface area contributed by atoms with E-state index in [1.54, 1.807) is 43.3 Å². The number of amides is 1. The number of carbonyl (C=O) groups is 1. The van der Waals surface area contributed by atoms with Gasteiger partial charge < -0.3 is 5.32 Å². The number of pyridine rings is 1. The van der Waals surface area contributed by atoms with Gasteiger partial charge in [0.25, 0.3) is 0 Å². The molecule has 29 heavy (non-hydrogen) atoms. The molecular formula is C22H20F4N2O. The van der Waals surface area contributed by atoms with Crippen LogP contribution in [-0.2, 0) is 11.2 Å². The number of hydrogen-bond acceptors (Lipinski definition) is 2. The molecule has 0 saturated carbocycles. The Hall–Kier alpha value is -2.96. The summed E-state index contributed by atoms with van der Waals surface area (Å²) in [6.07, 6.45) is -5.86. The van der Waals surface area contributed by atoms with E-state index in [-0.39, 0.29) is 17.6 Å². The molecular weight excluding hydrogens is 384 g/mol. The first kappa shape index (κ1) is 20.8. The average molecular weight is 404 g/mol. The molecule has 3 aromatic rings. The van der Waals surface area contributed by atoms with Crippen molar-refractivity contribution in [3.63, 3.8) is 0 Å². The Balaban J connectivity index is 1.94. The first-order valence-corrected chi connectivity index (χ1v) is 9.05. The maximum absolute atomic E-state index is 13.9. The summed E-state index contributed by atoms with van der Waals surface area (Å²) in [6.45, 7) is 2.87. The second kappa shape index (κ2) is 7.81. The summed E-state index contributed by atoms with van der Waals surface area (Å²) >= 11 is 0. The first-order chi connectivity index (χ1) is 13.6. The molecule has 1 N–H and O–H groups in total. The van der Waals surface area contributed by atoms with Crippen LogP contribution in [0.3, 0.4) is 0 Å². The van der Waals surface area contributed by atoms with Crippen molar-refractivity contribution in [1.29, 1.82) is 0 Å². The van der Waals surface area contributed by atoms with Crippen molar-refractivity contribution in [3.05, 3.63) is 71.7 Å². The zero-order valence-electron chi connectivity index (χ0n) is 16.0. The van der Waals surface area contributed by atoms with Crippen LogP contribution in [0.25, 0.3) is 10.9 Å².